The van der Waals surface area contributed by atoms with Crippen LogP contribution in [0.15, 0.2) is 35.0 Å². The van der Waals surface area contributed by atoms with Crippen molar-refractivity contribution in [3.05, 3.63) is 36.4 Å². The topological polar surface area (TPSA) is 71.8 Å². The molecule has 2 aliphatic carbocycles. The van der Waals surface area contributed by atoms with Gasteiger partial charge in [-0.25, -0.2) is 0 Å². The lowest BCUT2D eigenvalue weighted by atomic mass is 9.88. The highest BCUT2D eigenvalue weighted by molar-refractivity contribution is 5.93. The minimum atomic E-state index is 0.0984. The number of H-pyrrole nitrogens is 1. The van der Waals surface area contributed by atoms with E-state index >= 15 is 0 Å². The molecule has 2 saturated carbocycles. The number of rotatable bonds is 2. The Labute approximate surface area is 126 Å². The number of fused-ring (bicyclic) bond motifs is 3. The summed E-state index contributed by atoms with van der Waals surface area (Å²) in [5.74, 6) is 2.33. The van der Waals surface area contributed by atoms with Gasteiger partial charge in [0.25, 0.3) is 0 Å². The third-order valence-electron chi connectivity index (χ3n) is 5.15. The molecule has 0 radical (unpaired) electrons. The van der Waals surface area contributed by atoms with Gasteiger partial charge in [-0.15, -0.1) is 0 Å². The van der Waals surface area contributed by atoms with E-state index in [1.54, 1.807) is 0 Å². The fourth-order valence-corrected chi connectivity index (χ4v) is 4.13. The van der Waals surface area contributed by atoms with E-state index in [0.717, 1.165) is 35.7 Å². The molecule has 1 unspecified atom stereocenters. The van der Waals surface area contributed by atoms with Crippen molar-refractivity contribution < 1.29 is 9.32 Å². The summed E-state index contributed by atoms with van der Waals surface area (Å²) in [5, 5.41) is 5.23. The van der Waals surface area contributed by atoms with Crippen LogP contribution >= 0.6 is 0 Å². The first kappa shape index (κ1) is 12.1. The van der Waals surface area contributed by atoms with Gasteiger partial charge in [0.1, 0.15) is 5.78 Å². The maximum atomic E-state index is 11.9. The molecule has 0 spiro atoms. The molecule has 2 aliphatic rings. The molecule has 3 aromatic rings. The summed E-state index contributed by atoms with van der Waals surface area (Å²) < 4.78 is 5.50. The third kappa shape index (κ3) is 1.62. The van der Waals surface area contributed by atoms with Gasteiger partial charge in [0.15, 0.2) is 0 Å². The van der Waals surface area contributed by atoms with Crippen LogP contribution in [-0.2, 0) is 4.79 Å². The second-order valence-electron chi connectivity index (χ2n) is 6.43. The number of nitrogens with one attached hydrogen (secondary N) is 1. The Morgan fingerprint density at radius 3 is 2.91 bits per heavy atom. The molecule has 0 amide bonds. The first-order chi connectivity index (χ1) is 10.8. The van der Waals surface area contributed by atoms with Gasteiger partial charge >= 0.3 is 0 Å². The van der Waals surface area contributed by atoms with Gasteiger partial charge in [-0.2, -0.15) is 4.98 Å². The van der Waals surface area contributed by atoms with Crippen LogP contribution in [0.5, 0.6) is 0 Å². The SMILES string of the molecule is O=C1C[C@@H]2CC(c3nc(-c4c[nH]c5ccccc45)no3)[C@H]1C2. The summed E-state index contributed by atoms with van der Waals surface area (Å²) in [6, 6.07) is 8.05. The number of para-hydroxylation sites is 1. The first-order valence-electron chi connectivity index (χ1n) is 7.72. The van der Waals surface area contributed by atoms with Crippen molar-refractivity contribution in [2.24, 2.45) is 11.8 Å². The lowest BCUT2D eigenvalue weighted by Crippen LogP contribution is -2.18. The zero-order valence-electron chi connectivity index (χ0n) is 12.0. The van der Waals surface area contributed by atoms with E-state index in [-0.39, 0.29) is 11.8 Å². The maximum absolute atomic E-state index is 11.9. The monoisotopic (exact) mass is 293 g/mol. The molecular weight excluding hydrogens is 278 g/mol. The molecule has 3 atom stereocenters. The number of aromatic amines is 1. The molecule has 110 valence electrons. The number of hydrogen-bond donors (Lipinski definition) is 1. The number of Topliss-reactive ketones (excluding diaryl/α,β-unsaturated/α-hetero) is 1. The molecule has 2 bridgehead atoms. The number of ketones is 1. The minimum absolute atomic E-state index is 0.0984. The Hall–Kier alpha value is -2.43. The van der Waals surface area contributed by atoms with E-state index in [9.17, 15) is 4.79 Å². The van der Waals surface area contributed by atoms with Crippen LogP contribution in [0.25, 0.3) is 22.3 Å². The average Bonchev–Trinajstić information content (AvgIpc) is 3.28. The van der Waals surface area contributed by atoms with Crippen molar-refractivity contribution in [3.8, 4) is 11.4 Å². The van der Waals surface area contributed by atoms with Crippen LogP contribution in [0.2, 0.25) is 0 Å². The number of hydrogen-bond acceptors (Lipinski definition) is 4. The van der Waals surface area contributed by atoms with Crippen molar-refractivity contribution in [1.29, 1.82) is 0 Å². The Kier molecular flexibility index (Phi) is 2.37. The van der Waals surface area contributed by atoms with Crippen molar-refractivity contribution >= 4 is 16.7 Å². The van der Waals surface area contributed by atoms with E-state index in [2.05, 4.69) is 15.1 Å². The lowest BCUT2D eigenvalue weighted by Gasteiger charge is -2.16. The average molecular weight is 293 g/mol. The Balaban J connectivity index is 1.53. The highest BCUT2D eigenvalue weighted by atomic mass is 16.5. The van der Waals surface area contributed by atoms with E-state index in [1.165, 1.54) is 0 Å². The van der Waals surface area contributed by atoms with E-state index in [0.29, 0.717) is 23.4 Å². The van der Waals surface area contributed by atoms with Gasteiger partial charge in [0.2, 0.25) is 11.7 Å². The number of nitrogens with zero attached hydrogens (tertiary/aromatic N) is 2. The normalized spacial score (nSPS) is 27.1. The summed E-state index contributed by atoms with van der Waals surface area (Å²) in [4.78, 5) is 19.7. The quantitative estimate of drug-likeness (QED) is 0.787. The lowest BCUT2D eigenvalue weighted by molar-refractivity contribution is -0.122. The molecule has 0 saturated heterocycles. The molecular formula is C17H15N3O2. The third-order valence-corrected chi connectivity index (χ3v) is 5.15. The summed E-state index contributed by atoms with van der Waals surface area (Å²) >= 11 is 0. The van der Waals surface area contributed by atoms with Gasteiger partial charge in [-0.3, -0.25) is 4.79 Å². The second kappa shape index (κ2) is 4.29. The predicted octanol–water partition coefficient (Wildman–Crippen LogP) is 3.30. The van der Waals surface area contributed by atoms with E-state index in [1.807, 2.05) is 30.5 Å². The summed E-state index contributed by atoms with van der Waals surface area (Å²) in [7, 11) is 0. The molecule has 2 heterocycles. The van der Waals surface area contributed by atoms with Gasteiger partial charge in [0, 0.05) is 40.9 Å². The standard InChI is InChI=1S/C17H15N3O2/c21-15-7-9-5-11(15)12(6-9)17-19-16(20-22-17)13-8-18-14-4-2-1-3-10(13)14/h1-4,8-9,11-12,18H,5-7H2/t9-,11+,12?/m0/s1. The summed E-state index contributed by atoms with van der Waals surface area (Å²) in [6.07, 6.45) is 4.65. The molecule has 22 heavy (non-hydrogen) atoms. The molecule has 2 aromatic heterocycles. The van der Waals surface area contributed by atoms with Gasteiger partial charge in [-0.05, 0) is 24.8 Å². The maximum Gasteiger partial charge on any atom is 0.230 e. The smallest absolute Gasteiger partial charge is 0.230 e. The Bertz CT molecular complexity index is 879. The fourth-order valence-electron chi connectivity index (χ4n) is 4.13. The number of carbonyl (C=O) groups excluding carboxylic acids is 1. The molecule has 5 rings (SSSR count). The van der Waals surface area contributed by atoms with Crippen LogP contribution in [-0.4, -0.2) is 20.9 Å². The molecule has 5 heteroatoms. The largest absolute Gasteiger partial charge is 0.360 e. The number of aromatic nitrogens is 3. The van der Waals surface area contributed by atoms with Gasteiger partial charge in [-0.1, -0.05) is 23.4 Å². The van der Waals surface area contributed by atoms with Crippen LogP contribution in [0.4, 0.5) is 0 Å². The second-order valence-corrected chi connectivity index (χ2v) is 6.43. The molecule has 0 aliphatic heterocycles. The van der Waals surface area contributed by atoms with E-state index < -0.39 is 0 Å². The first-order valence-corrected chi connectivity index (χ1v) is 7.72. The predicted molar refractivity (Wildman–Crippen MR) is 80.2 cm³/mol. The Morgan fingerprint density at radius 2 is 2.05 bits per heavy atom. The van der Waals surface area contributed by atoms with Crippen molar-refractivity contribution in [2.45, 2.75) is 25.2 Å². The molecule has 5 nitrogen and oxygen atoms in total. The number of benzene rings is 1. The minimum Gasteiger partial charge on any atom is -0.360 e. The summed E-state index contributed by atoms with van der Waals surface area (Å²) in [5.41, 5.74) is 2.00. The van der Waals surface area contributed by atoms with Crippen LogP contribution in [0, 0.1) is 11.8 Å². The van der Waals surface area contributed by atoms with Crippen molar-refractivity contribution in [3.63, 3.8) is 0 Å². The molecule has 2 fully saturated rings. The fraction of sp³-hybridized carbons (Fsp3) is 0.353. The molecule has 1 aromatic carbocycles. The zero-order chi connectivity index (χ0) is 14.7. The van der Waals surface area contributed by atoms with Crippen molar-refractivity contribution in [1.82, 2.24) is 15.1 Å². The molecule has 1 N–H and O–H groups in total. The number of carbonyl (C=O) groups is 1. The van der Waals surface area contributed by atoms with Crippen LogP contribution < -0.4 is 0 Å². The van der Waals surface area contributed by atoms with Crippen LogP contribution in [0.1, 0.15) is 31.1 Å². The van der Waals surface area contributed by atoms with Gasteiger partial charge < -0.3 is 9.51 Å². The highest BCUT2D eigenvalue weighted by Crippen LogP contribution is 2.50. The van der Waals surface area contributed by atoms with Gasteiger partial charge in [0.05, 0.1) is 0 Å². The van der Waals surface area contributed by atoms with E-state index in [4.69, 9.17) is 4.52 Å². The van der Waals surface area contributed by atoms with Crippen LogP contribution in [0.3, 0.4) is 0 Å². The van der Waals surface area contributed by atoms with Crippen molar-refractivity contribution in [2.75, 3.05) is 0 Å². The zero-order valence-corrected chi connectivity index (χ0v) is 12.0. The Morgan fingerprint density at radius 1 is 1.18 bits per heavy atom. The highest BCUT2D eigenvalue weighted by Gasteiger charge is 2.48. The summed E-state index contributed by atoms with van der Waals surface area (Å²) in [6.45, 7) is 0.